The highest BCUT2D eigenvalue weighted by Gasteiger charge is 2.48. The third kappa shape index (κ3) is 4.17. The number of aryl methyl sites for hydroxylation is 1. The summed E-state index contributed by atoms with van der Waals surface area (Å²) >= 11 is 0. The van der Waals surface area contributed by atoms with Gasteiger partial charge in [0, 0.05) is 18.2 Å². The molecule has 40 heavy (non-hydrogen) atoms. The molecule has 0 saturated carbocycles. The molecule has 5 heterocycles. The van der Waals surface area contributed by atoms with E-state index in [0.29, 0.717) is 12.1 Å². The Kier molecular flexibility index (Phi) is 5.76. The molecular weight excluding hydrogens is 523 g/mol. The Morgan fingerprint density at radius 2 is 2.02 bits per heavy atom. The van der Waals surface area contributed by atoms with Crippen LogP contribution in [-0.4, -0.2) is 59.8 Å². The van der Waals surface area contributed by atoms with E-state index in [1.165, 1.54) is 0 Å². The zero-order chi connectivity index (χ0) is 27.6. The van der Waals surface area contributed by atoms with Crippen molar-refractivity contribution in [3.8, 4) is 5.69 Å². The van der Waals surface area contributed by atoms with Gasteiger partial charge in [0.1, 0.15) is 5.82 Å². The lowest BCUT2D eigenvalue weighted by Gasteiger charge is -2.53. The van der Waals surface area contributed by atoms with Crippen LogP contribution in [0.3, 0.4) is 0 Å². The minimum atomic E-state index is -1.85. The molecule has 7 rings (SSSR count). The van der Waals surface area contributed by atoms with Gasteiger partial charge in [0.15, 0.2) is 11.4 Å². The van der Waals surface area contributed by atoms with E-state index in [4.69, 9.17) is 14.4 Å². The Morgan fingerprint density at radius 1 is 1.18 bits per heavy atom. The molecule has 8 nitrogen and oxygen atoms in total. The topological polar surface area (TPSA) is 80.7 Å². The van der Waals surface area contributed by atoms with Crippen molar-refractivity contribution in [3.05, 3.63) is 77.3 Å². The van der Waals surface area contributed by atoms with Crippen molar-refractivity contribution >= 4 is 36.1 Å². The van der Waals surface area contributed by atoms with Crippen molar-refractivity contribution in [2.45, 2.75) is 39.0 Å². The highest BCUT2D eigenvalue weighted by Crippen LogP contribution is 2.44. The number of halogens is 1. The van der Waals surface area contributed by atoms with Crippen molar-refractivity contribution in [1.29, 1.82) is 0 Å². The number of benzene rings is 2. The molecule has 2 aromatic carbocycles. The van der Waals surface area contributed by atoms with E-state index in [9.17, 15) is 4.39 Å². The first-order valence-electron chi connectivity index (χ1n) is 13.7. The number of fused-ring (bicyclic) bond motifs is 2. The number of aromatic nitrogens is 3. The number of nitrogens with zero attached hydrogens (tertiary/aromatic N) is 5. The van der Waals surface area contributed by atoms with Crippen molar-refractivity contribution < 1.29 is 13.7 Å². The number of nitrogens with one attached hydrogen (secondary N) is 1. The molecular formula is C30H33FN6O2Si. The standard InChI is InChI=1S/C30H33FN6O2Si/c1-19-14-36(18-32-19)25-8-6-20(23-12-34-39-28(23)25)9-22-11-30(16-38-17-30)15-37-26(13-33-35-29(22)37)21-5-7-24(31)27(10-21)40(2,3)4/h5-10,12,14,18,26,33H,11,13,15-17H2,1-4H3/b22-9+. The van der Waals surface area contributed by atoms with Crippen molar-refractivity contribution in [1.82, 2.24) is 25.0 Å². The molecule has 3 aliphatic heterocycles. The number of imidazole rings is 1. The van der Waals surface area contributed by atoms with E-state index in [2.05, 4.69) is 58.3 Å². The maximum absolute atomic E-state index is 14.8. The molecule has 2 fully saturated rings. The third-order valence-electron chi connectivity index (χ3n) is 8.33. The molecule has 0 aliphatic carbocycles. The first kappa shape index (κ1) is 25.2. The summed E-state index contributed by atoms with van der Waals surface area (Å²) in [7, 11) is -1.85. The molecule has 2 saturated heterocycles. The van der Waals surface area contributed by atoms with E-state index in [0.717, 1.165) is 70.7 Å². The number of piperidine rings is 1. The minimum Gasteiger partial charge on any atom is -0.380 e. The van der Waals surface area contributed by atoms with Crippen molar-refractivity contribution in [2.75, 3.05) is 26.3 Å². The van der Waals surface area contributed by atoms with Gasteiger partial charge in [0.05, 0.1) is 63.2 Å². The fraction of sp³-hybridized carbons (Fsp3) is 0.367. The summed E-state index contributed by atoms with van der Waals surface area (Å²) in [5.41, 5.74) is 9.17. The molecule has 1 spiro atoms. The van der Waals surface area contributed by atoms with Crippen LogP contribution in [0.4, 0.5) is 4.39 Å². The van der Waals surface area contributed by atoms with E-state index in [1.54, 1.807) is 18.6 Å². The number of amidine groups is 1. The Hall–Kier alpha value is -3.76. The van der Waals surface area contributed by atoms with E-state index in [-0.39, 0.29) is 17.3 Å². The van der Waals surface area contributed by atoms with Gasteiger partial charge in [0.25, 0.3) is 0 Å². The van der Waals surface area contributed by atoms with Gasteiger partial charge in [-0.25, -0.2) is 9.37 Å². The first-order chi connectivity index (χ1) is 19.2. The summed E-state index contributed by atoms with van der Waals surface area (Å²) in [4.78, 5) is 6.77. The smallest absolute Gasteiger partial charge is 0.191 e. The highest BCUT2D eigenvalue weighted by atomic mass is 28.3. The quantitative estimate of drug-likeness (QED) is 0.365. The van der Waals surface area contributed by atoms with Gasteiger partial charge in [-0.3, -0.25) is 0 Å². The third-order valence-corrected chi connectivity index (χ3v) is 10.3. The summed E-state index contributed by atoms with van der Waals surface area (Å²) in [6.07, 6.45) is 8.62. The second-order valence-electron chi connectivity index (χ2n) is 12.4. The number of hydrogen-bond acceptors (Lipinski definition) is 7. The molecule has 10 heteroatoms. The van der Waals surface area contributed by atoms with Gasteiger partial charge in [-0.05, 0) is 53.4 Å². The Morgan fingerprint density at radius 3 is 2.75 bits per heavy atom. The lowest BCUT2D eigenvalue weighted by molar-refractivity contribution is -0.126. The number of hydrogen-bond donors (Lipinski definition) is 1. The molecule has 1 atom stereocenters. The largest absolute Gasteiger partial charge is 0.380 e. The summed E-state index contributed by atoms with van der Waals surface area (Å²) in [5, 5.41) is 10.8. The van der Waals surface area contributed by atoms with Gasteiger partial charge < -0.3 is 24.2 Å². The molecule has 1 unspecified atom stereocenters. The molecule has 2 aromatic heterocycles. The number of hydrazone groups is 1. The zero-order valence-electron chi connectivity index (χ0n) is 23.2. The molecule has 0 amide bonds. The molecule has 1 N–H and O–H groups in total. The molecule has 0 radical (unpaired) electrons. The van der Waals surface area contributed by atoms with Gasteiger partial charge in [0.2, 0.25) is 0 Å². The van der Waals surface area contributed by atoms with Crippen LogP contribution in [0.1, 0.15) is 29.3 Å². The Balaban J connectivity index is 1.30. The monoisotopic (exact) mass is 556 g/mol. The highest BCUT2D eigenvalue weighted by molar-refractivity contribution is 6.88. The van der Waals surface area contributed by atoms with E-state index in [1.807, 2.05) is 29.8 Å². The number of ether oxygens (including phenoxy) is 1. The Bertz CT molecular complexity index is 1680. The normalized spacial score (nSPS) is 21.3. The average Bonchev–Trinajstić information content (AvgIpc) is 3.57. The second kappa shape index (κ2) is 9.14. The summed E-state index contributed by atoms with van der Waals surface area (Å²) in [6.45, 7) is 11.5. The van der Waals surface area contributed by atoms with Crippen LogP contribution in [0.5, 0.6) is 0 Å². The maximum atomic E-state index is 14.8. The van der Waals surface area contributed by atoms with Crippen LogP contribution in [-0.2, 0) is 4.74 Å². The average molecular weight is 557 g/mol. The second-order valence-corrected chi connectivity index (χ2v) is 17.5. The summed E-state index contributed by atoms with van der Waals surface area (Å²) < 4.78 is 28.3. The van der Waals surface area contributed by atoms with Crippen molar-refractivity contribution in [2.24, 2.45) is 10.5 Å². The summed E-state index contributed by atoms with van der Waals surface area (Å²) in [6, 6.07) is 9.87. The van der Waals surface area contributed by atoms with Crippen molar-refractivity contribution in [3.63, 3.8) is 0 Å². The predicted molar refractivity (Wildman–Crippen MR) is 156 cm³/mol. The zero-order valence-corrected chi connectivity index (χ0v) is 24.2. The van der Waals surface area contributed by atoms with Gasteiger partial charge in [-0.1, -0.05) is 43.0 Å². The molecule has 0 bridgehead atoms. The van der Waals surface area contributed by atoms with Gasteiger partial charge >= 0.3 is 0 Å². The fourth-order valence-electron chi connectivity index (χ4n) is 6.23. The summed E-state index contributed by atoms with van der Waals surface area (Å²) in [5.74, 6) is 0.835. The van der Waals surface area contributed by atoms with E-state index >= 15 is 0 Å². The van der Waals surface area contributed by atoms with Crippen LogP contribution in [0.15, 0.2) is 64.3 Å². The van der Waals surface area contributed by atoms with Crippen LogP contribution in [0.25, 0.3) is 22.7 Å². The first-order valence-corrected chi connectivity index (χ1v) is 17.2. The molecule has 3 aliphatic rings. The molecule has 206 valence electrons. The Labute approximate surface area is 233 Å². The lowest BCUT2D eigenvalue weighted by Crippen LogP contribution is -2.60. The minimum absolute atomic E-state index is 0.0319. The molecule has 4 aromatic rings. The van der Waals surface area contributed by atoms with Crippen LogP contribution in [0, 0.1) is 18.2 Å². The van der Waals surface area contributed by atoms with E-state index < -0.39 is 8.07 Å². The fourth-order valence-corrected chi connectivity index (χ4v) is 7.63. The van der Waals surface area contributed by atoms with Crippen LogP contribution in [0.2, 0.25) is 19.6 Å². The van der Waals surface area contributed by atoms with Gasteiger partial charge in [-0.2, -0.15) is 5.10 Å². The maximum Gasteiger partial charge on any atom is 0.191 e. The van der Waals surface area contributed by atoms with Crippen LogP contribution >= 0.6 is 0 Å². The SMILES string of the molecule is Cc1cn(-c2ccc(/C=C3\CC4(COC4)CN4C3=NNCC4c3ccc(F)c([Si](C)(C)C)c3)c3cnoc23)cn1. The lowest BCUT2D eigenvalue weighted by atomic mass is 9.74. The predicted octanol–water partition coefficient (Wildman–Crippen LogP) is 4.77. The van der Waals surface area contributed by atoms with Gasteiger partial charge in [-0.15, -0.1) is 0 Å². The number of rotatable bonds is 4. The van der Waals surface area contributed by atoms with Crippen LogP contribution < -0.4 is 10.6 Å².